The molecule has 1 aromatic carbocycles. The fourth-order valence-electron chi connectivity index (χ4n) is 1.28. The number of rotatable bonds is 1. The van der Waals surface area contributed by atoms with Gasteiger partial charge in [-0.05, 0) is 18.6 Å². The third-order valence-corrected chi connectivity index (χ3v) is 1.88. The van der Waals surface area contributed by atoms with Crippen molar-refractivity contribution in [1.82, 2.24) is 9.97 Å². The molecule has 0 atom stereocenters. The first-order valence-corrected chi connectivity index (χ1v) is 4.03. The minimum absolute atomic E-state index is 0.00167. The molecule has 2 aromatic rings. The van der Waals surface area contributed by atoms with Crippen molar-refractivity contribution >= 4 is 17.2 Å². The maximum Gasteiger partial charge on any atom is 0.513 e. The van der Waals surface area contributed by atoms with Crippen molar-refractivity contribution in [2.24, 2.45) is 0 Å². The zero-order valence-electron chi connectivity index (χ0n) is 7.44. The number of hydrogen-bond acceptors (Lipinski definition) is 3. The van der Waals surface area contributed by atoms with E-state index in [4.69, 9.17) is 5.11 Å². The largest absolute Gasteiger partial charge is 0.513 e. The van der Waals surface area contributed by atoms with E-state index in [-0.39, 0.29) is 6.01 Å². The van der Waals surface area contributed by atoms with Crippen LogP contribution in [0.15, 0.2) is 18.2 Å². The molecule has 0 saturated carbocycles. The summed E-state index contributed by atoms with van der Waals surface area (Å²) in [5.41, 5.74) is 2.46. The highest BCUT2D eigenvalue weighted by Gasteiger charge is 2.08. The number of nitrogens with zero attached hydrogens (tertiary/aromatic N) is 1. The molecule has 1 aromatic heterocycles. The monoisotopic (exact) mass is 192 g/mol. The number of para-hydroxylation sites is 1. The van der Waals surface area contributed by atoms with Gasteiger partial charge >= 0.3 is 12.2 Å². The Balaban J connectivity index is 2.51. The van der Waals surface area contributed by atoms with Crippen molar-refractivity contribution < 1.29 is 14.6 Å². The normalized spacial score (nSPS) is 10.4. The molecule has 2 rings (SSSR count). The number of imidazole rings is 1. The third kappa shape index (κ3) is 1.39. The lowest BCUT2D eigenvalue weighted by Crippen LogP contribution is -2.03. The maximum atomic E-state index is 10.2. The lowest BCUT2D eigenvalue weighted by Gasteiger charge is -1.90. The number of hydrogen-bond donors (Lipinski definition) is 2. The molecular weight excluding hydrogens is 184 g/mol. The second kappa shape index (κ2) is 3.02. The number of aryl methyl sites for hydroxylation is 1. The Morgan fingerprint density at radius 2 is 2.36 bits per heavy atom. The summed E-state index contributed by atoms with van der Waals surface area (Å²) >= 11 is 0. The van der Waals surface area contributed by atoms with Gasteiger partial charge < -0.3 is 14.8 Å². The molecule has 0 amide bonds. The molecule has 0 aliphatic heterocycles. The maximum absolute atomic E-state index is 10.2. The highest BCUT2D eigenvalue weighted by molar-refractivity contribution is 5.79. The third-order valence-electron chi connectivity index (χ3n) is 1.88. The van der Waals surface area contributed by atoms with Gasteiger partial charge in [-0.15, -0.1) is 0 Å². The Morgan fingerprint density at radius 1 is 1.57 bits per heavy atom. The van der Waals surface area contributed by atoms with E-state index in [0.717, 1.165) is 16.6 Å². The van der Waals surface area contributed by atoms with Gasteiger partial charge in [-0.1, -0.05) is 12.1 Å². The van der Waals surface area contributed by atoms with Crippen LogP contribution in [0, 0.1) is 6.92 Å². The first-order chi connectivity index (χ1) is 6.66. The number of aromatic amines is 1. The number of fused-ring (bicyclic) bond motifs is 1. The summed E-state index contributed by atoms with van der Waals surface area (Å²) in [4.78, 5) is 17.0. The van der Waals surface area contributed by atoms with Crippen LogP contribution < -0.4 is 4.74 Å². The van der Waals surface area contributed by atoms with Gasteiger partial charge in [-0.25, -0.2) is 4.79 Å². The molecule has 2 N–H and O–H groups in total. The van der Waals surface area contributed by atoms with Crippen LogP contribution in [0.25, 0.3) is 11.0 Å². The standard InChI is InChI=1S/C9H8N2O3/c1-5-3-2-4-6-7(5)11-8(10-6)14-9(12)13/h2-4H,1H3,(H,10,11)(H,12,13). The van der Waals surface area contributed by atoms with Gasteiger partial charge in [0.2, 0.25) is 0 Å². The van der Waals surface area contributed by atoms with Gasteiger partial charge in [0.15, 0.2) is 0 Å². The molecule has 0 spiro atoms. The predicted octanol–water partition coefficient (Wildman–Crippen LogP) is 1.93. The molecule has 0 bridgehead atoms. The van der Waals surface area contributed by atoms with Crippen LogP contribution in [-0.4, -0.2) is 21.2 Å². The van der Waals surface area contributed by atoms with Crippen molar-refractivity contribution in [3.8, 4) is 6.01 Å². The second-order valence-electron chi connectivity index (χ2n) is 2.88. The minimum Gasteiger partial charge on any atom is -0.449 e. The molecule has 0 aliphatic rings. The van der Waals surface area contributed by atoms with Gasteiger partial charge in [-0.2, -0.15) is 4.98 Å². The summed E-state index contributed by atoms with van der Waals surface area (Å²) in [5.74, 6) is 0. The molecule has 5 nitrogen and oxygen atoms in total. The Bertz CT molecular complexity index is 490. The lowest BCUT2D eigenvalue weighted by atomic mass is 10.2. The molecule has 0 aliphatic carbocycles. The van der Waals surface area contributed by atoms with E-state index in [9.17, 15) is 4.79 Å². The second-order valence-corrected chi connectivity index (χ2v) is 2.88. The number of carbonyl (C=O) groups is 1. The molecular formula is C9H8N2O3. The Morgan fingerprint density at radius 3 is 3.00 bits per heavy atom. The van der Waals surface area contributed by atoms with E-state index in [1.807, 2.05) is 25.1 Å². The van der Waals surface area contributed by atoms with Crippen LogP contribution in [0.5, 0.6) is 6.01 Å². The Hall–Kier alpha value is -2.04. The fraction of sp³-hybridized carbons (Fsp3) is 0.111. The average Bonchev–Trinajstić information content (AvgIpc) is 2.47. The van der Waals surface area contributed by atoms with Crippen molar-refractivity contribution in [3.05, 3.63) is 23.8 Å². The molecule has 0 unspecified atom stereocenters. The van der Waals surface area contributed by atoms with Crippen LogP contribution in [0.3, 0.4) is 0 Å². The molecule has 5 heteroatoms. The number of carboxylic acid groups (broad SMARTS) is 1. The van der Waals surface area contributed by atoms with E-state index in [2.05, 4.69) is 14.7 Å². The summed E-state index contributed by atoms with van der Waals surface area (Å²) in [6.07, 6.45) is -1.37. The highest BCUT2D eigenvalue weighted by atomic mass is 16.7. The fourth-order valence-corrected chi connectivity index (χ4v) is 1.28. The molecule has 0 radical (unpaired) electrons. The minimum atomic E-state index is -1.37. The predicted molar refractivity (Wildman–Crippen MR) is 49.5 cm³/mol. The summed E-state index contributed by atoms with van der Waals surface area (Å²) in [6.45, 7) is 1.90. The topological polar surface area (TPSA) is 75.2 Å². The average molecular weight is 192 g/mol. The zero-order valence-corrected chi connectivity index (χ0v) is 7.44. The van der Waals surface area contributed by atoms with Gasteiger partial charge in [0.05, 0.1) is 11.0 Å². The van der Waals surface area contributed by atoms with Crippen molar-refractivity contribution in [3.63, 3.8) is 0 Å². The van der Waals surface area contributed by atoms with Crippen LogP contribution >= 0.6 is 0 Å². The van der Waals surface area contributed by atoms with Crippen molar-refractivity contribution in [2.75, 3.05) is 0 Å². The first-order valence-electron chi connectivity index (χ1n) is 4.03. The van der Waals surface area contributed by atoms with E-state index in [1.54, 1.807) is 0 Å². The smallest absolute Gasteiger partial charge is 0.449 e. The van der Waals surface area contributed by atoms with Crippen LogP contribution in [0.2, 0.25) is 0 Å². The van der Waals surface area contributed by atoms with Crippen LogP contribution in [0.4, 0.5) is 4.79 Å². The van der Waals surface area contributed by atoms with E-state index < -0.39 is 6.16 Å². The molecule has 1 heterocycles. The van der Waals surface area contributed by atoms with Crippen molar-refractivity contribution in [1.29, 1.82) is 0 Å². The van der Waals surface area contributed by atoms with E-state index in [1.165, 1.54) is 0 Å². The molecule has 0 fully saturated rings. The van der Waals surface area contributed by atoms with E-state index >= 15 is 0 Å². The quantitative estimate of drug-likeness (QED) is 0.677. The number of H-pyrrole nitrogens is 1. The molecule has 14 heavy (non-hydrogen) atoms. The summed E-state index contributed by atoms with van der Waals surface area (Å²) in [7, 11) is 0. The first kappa shape index (κ1) is 8.55. The van der Waals surface area contributed by atoms with Gasteiger partial charge in [0, 0.05) is 0 Å². The van der Waals surface area contributed by atoms with Crippen LogP contribution in [-0.2, 0) is 0 Å². The highest BCUT2D eigenvalue weighted by Crippen LogP contribution is 2.18. The van der Waals surface area contributed by atoms with E-state index in [0.29, 0.717) is 0 Å². The van der Waals surface area contributed by atoms with Gasteiger partial charge in [-0.3, -0.25) is 0 Å². The molecule has 0 saturated heterocycles. The summed E-state index contributed by atoms with van der Waals surface area (Å²) in [6, 6.07) is 5.57. The number of nitrogens with one attached hydrogen (secondary N) is 1. The number of benzene rings is 1. The lowest BCUT2D eigenvalue weighted by molar-refractivity contribution is 0.141. The Kier molecular flexibility index (Phi) is 1.85. The Labute approximate surface area is 79.3 Å². The summed E-state index contributed by atoms with van der Waals surface area (Å²) < 4.78 is 4.40. The molecule has 72 valence electrons. The number of ether oxygens (including phenoxy) is 1. The summed E-state index contributed by atoms with van der Waals surface area (Å²) in [5, 5.41) is 8.38. The van der Waals surface area contributed by atoms with Crippen molar-refractivity contribution in [2.45, 2.75) is 6.92 Å². The number of aromatic nitrogens is 2. The van der Waals surface area contributed by atoms with Gasteiger partial charge in [0.25, 0.3) is 0 Å². The van der Waals surface area contributed by atoms with Gasteiger partial charge in [0.1, 0.15) is 0 Å². The zero-order chi connectivity index (χ0) is 10.1. The van der Waals surface area contributed by atoms with Crippen LogP contribution in [0.1, 0.15) is 5.56 Å². The SMILES string of the molecule is Cc1cccc2[nH]c(OC(=O)O)nc12.